The zero-order valence-corrected chi connectivity index (χ0v) is 6.51. The van der Waals surface area contributed by atoms with E-state index in [0.717, 1.165) is 9.36 Å². The number of hydrogen-bond acceptors (Lipinski definition) is 3. The molecule has 54 valence electrons. The fourth-order valence-corrected chi connectivity index (χ4v) is 1.22. The van der Waals surface area contributed by atoms with Crippen LogP contribution in [0.15, 0.2) is 35.2 Å². The van der Waals surface area contributed by atoms with Crippen molar-refractivity contribution in [2.24, 2.45) is 0 Å². The lowest BCUT2D eigenvalue weighted by molar-refractivity contribution is 0.0454. The Balaban J connectivity index is 2.59. The molecule has 0 fully saturated rings. The molecule has 1 rings (SSSR count). The second-order valence-corrected chi connectivity index (χ2v) is 3.05. The average Bonchev–Trinajstić information content (AvgIpc) is 1.88. The highest BCUT2D eigenvalue weighted by Gasteiger charge is 1.93. The summed E-state index contributed by atoms with van der Waals surface area (Å²) in [4.78, 5) is 1.03. The first-order valence-electron chi connectivity index (χ1n) is 2.94. The Morgan fingerprint density at radius 2 is 1.90 bits per heavy atom. The topological polar surface area (TPSA) is 23.5 Å². The van der Waals surface area contributed by atoms with Gasteiger partial charge < -0.3 is 5.21 Å². The second-order valence-electron chi connectivity index (χ2n) is 1.87. The highest BCUT2D eigenvalue weighted by Crippen LogP contribution is 2.17. The molecule has 2 nitrogen and oxygen atoms in total. The summed E-state index contributed by atoms with van der Waals surface area (Å²) in [7, 11) is 1.59. The first kappa shape index (κ1) is 7.60. The van der Waals surface area contributed by atoms with E-state index in [-0.39, 0.29) is 0 Å². The summed E-state index contributed by atoms with van der Waals surface area (Å²) in [6, 6.07) is 9.70. The molecule has 1 aromatic carbocycles. The first-order valence-corrected chi connectivity index (χ1v) is 3.72. The molecule has 0 bridgehead atoms. The fourth-order valence-electron chi connectivity index (χ4n) is 0.634. The van der Waals surface area contributed by atoms with Crippen molar-refractivity contribution in [3.05, 3.63) is 30.3 Å². The minimum atomic E-state index is 1.03. The zero-order valence-electron chi connectivity index (χ0n) is 5.69. The second kappa shape index (κ2) is 3.61. The van der Waals surface area contributed by atoms with Gasteiger partial charge in [-0.1, -0.05) is 18.2 Å². The van der Waals surface area contributed by atoms with Crippen molar-refractivity contribution in [1.29, 1.82) is 0 Å². The molecule has 0 unspecified atom stereocenters. The maximum absolute atomic E-state index is 8.80. The van der Waals surface area contributed by atoms with E-state index in [2.05, 4.69) is 0 Å². The Bertz CT molecular complexity index is 188. The third kappa shape index (κ3) is 2.39. The minimum Gasteiger partial charge on any atom is -0.303 e. The van der Waals surface area contributed by atoms with Crippen LogP contribution >= 0.6 is 11.9 Å². The first-order chi connectivity index (χ1) is 4.79. The molecular weight excluding hydrogens is 146 g/mol. The van der Waals surface area contributed by atoms with Gasteiger partial charge in [0.1, 0.15) is 0 Å². The number of hydrogen-bond donors (Lipinski definition) is 1. The van der Waals surface area contributed by atoms with Crippen molar-refractivity contribution in [2.45, 2.75) is 4.90 Å². The lowest BCUT2D eigenvalue weighted by Crippen LogP contribution is -1.99. The van der Waals surface area contributed by atoms with Crippen LogP contribution in [0.1, 0.15) is 0 Å². The normalized spacial score (nSPS) is 10.3. The number of nitrogens with zero attached hydrogens (tertiary/aromatic N) is 1. The molecule has 0 aliphatic heterocycles. The molecule has 0 saturated carbocycles. The van der Waals surface area contributed by atoms with Gasteiger partial charge in [0.05, 0.1) is 0 Å². The predicted molar refractivity (Wildman–Crippen MR) is 41.8 cm³/mol. The van der Waals surface area contributed by atoms with Crippen LogP contribution < -0.4 is 0 Å². The van der Waals surface area contributed by atoms with Crippen LogP contribution in [0.3, 0.4) is 0 Å². The van der Waals surface area contributed by atoms with Gasteiger partial charge >= 0.3 is 0 Å². The standard InChI is InChI=1S/C7H9NOS/c1-8(9)10-7-5-3-2-4-6-7/h2-6,9H,1H3. The van der Waals surface area contributed by atoms with Crippen LogP contribution in [0.25, 0.3) is 0 Å². The third-order valence-corrected chi connectivity index (χ3v) is 1.73. The molecule has 1 aromatic rings. The summed E-state index contributed by atoms with van der Waals surface area (Å²) in [5.41, 5.74) is 0. The average molecular weight is 155 g/mol. The van der Waals surface area contributed by atoms with E-state index in [1.54, 1.807) is 7.05 Å². The summed E-state index contributed by atoms with van der Waals surface area (Å²) >= 11 is 1.29. The van der Waals surface area contributed by atoms with Crippen LogP contribution in [0, 0.1) is 0 Å². The van der Waals surface area contributed by atoms with Gasteiger partial charge in [0.25, 0.3) is 0 Å². The van der Waals surface area contributed by atoms with E-state index in [1.165, 1.54) is 11.9 Å². The van der Waals surface area contributed by atoms with Crippen molar-refractivity contribution in [1.82, 2.24) is 4.47 Å². The molecule has 0 aliphatic carbocycles. The van der Waals surface area contributed by atoms with Crippen LogP contribution in [-0.4, -0.2) is 16.7 Å². The van der Waals surface area contributed by atoms with Gasteiger partial charge in [-0.25, -0.2) is 0 Å². The molecule has 0 spiro atoms. The Morgan fingerprint density at radius 1 is 1.30 bits per heavy atom. The van der Waals surface area contributed by atoms with Gasteiger partial charge in [-0.05, 0) is 24.1 Å². The van der Waals surface area contributed by atoms with Crippen LogP contribution in [0.2, 0.25) is 0 Å². The van der Waals surface area contributed by atoms with E-state index in [4.69, 9.17) is 5.21 Å². The Hall–Kier alpha value is -0.510. The summed E-state index contributed by atoms with van der Waals surface area (Å²) in [6.07, 6.45) is 0. The number of hydroxylamine groups is 1. The molecule has 0 amide bonds. The van der Waals surface area contributed by atoms with Gasteiger partial charge in [-0.3, -0.25) is 0 Å². The summed E-state index contributed by atoms with van der Waals surface area (Å²) in [5.74, 6) is 0. The van der Waals surface area contributed by atoms with Gasteiger partial charge in [0.15, 0.2) is 0 Å². The van der Waals surface area contributed by atoms with Crippen molar-refractivity contribution >= 4 is 11.9 Å². The third-order valence-electron chi connectivity index (χ3n) is 0.981. The van der Waals surface area contributed by atoms with E-state index in [9.17, 15) is 0 Å². The number of benzene rings is 1. The Kier molecular flexibility index (Phi) is 2.74. The molecule has 0 heterocycles. The highest BCUT2D eigenvalue weighted by atomic mass is 32.2. The minimum absolute atomic E-state index is 1.03. The molecule has 0 saturated heterocycles. The molecule has 1 N–H and O–H groups in total. The maximum atomic E-state index is 8.80. The quantitative estimate of drug-likeness (QED) is 0.522. The van der Waals surface area contributed by atoms with Crippen molar-refractivity contribution in [2.75, 3.05) is 7.05 Å². The van der Waals surface area contributed by atoms with Gasteiger partial charge in [0.2, 0.25) is 0 Å². The van der Waals surface area contributed by atoms with E-state index < -0.39 is 0 Å². The van der Waals surface area contributed by atoms with Crippen molar-refractivity contribution in [3.63, 3.8) is 0 Å². The highest BCUT2D eigenvalue weighted by molar-refractivity contribution is 7.96. The molecule has 0 atom stereocenters. The zero-order chi connectivity index (χ0) is 7.40. The molecule has 0 aliphatic rings. The SMILES string of the molecule is CN(O)Sc1ccccc1. The van der Waals surface area contributed by atoms with Gasteiger partial charge in [-0.2, -0.15) is 0 Å². The summed E-state index contributed by atoms with van der Waals surface area (Å²) < 4.78 is 1.08. The molecule has 10 heavy (non-hydrogen) atoms. The number of rotatable bonds is 2. The smallest absolute Gasteiger partial charge is 0.0251 e. The van der Waals surface area contributed by atoms with E-state index >= 15 is 0 Å². The molecule has 0 radical (unpaired) electrons. The lowest BCUT2D eigenvalue weighted by Gasteiger charge is -2.04. The Labute approximate surface area is 64.6 Å². The molecule has 3 heteroatoms. The molecule has 0 aromatic heterocycles. The summed E-state index contributed by atoms with van der Waals surface area (Å²) in [5, 5.41) is 8.80. The maximum Gasteiger partial charge on any atom is 0.0251 e. The lowest BCUT2D eigenvalue weighted by atomic mass is 10.4. The van der Waals surface area contributed by atoms with E-state index in [0.29, 0.717) is 0 Å². The van der Waals surface area contributed by atoms with Crippen LogP contribution in [0.4, 0.5) is 0 Å². The van der Waals surface area contributed by atoms with Gasteiger partial charge in [-0.15, -0.1) is 4.47 Å². The monoisotopic (exact) mass is 155 g/mol. The van der Waals surface area contributed by atoms with Crippen molar-refractivity contribution < 1.29 is 5.21 Å². The van der Waals surface area contributed by atoms with E-state index in [1.807, 2.05) is 30.3 Å². The van der Waals surface area contributed by atoms with Crippen molar-refractivity contribution in [3.8, 4) is 0 Å². The summed E-state index contributed by atoms with van der Waals surface area (Å²) in [6.45, 7) is 0. The molecular formula is C7H9NOS. The van der Waals surface area contributed by atoms with Crippen LogP contribution in [0.5, 0.6) is 0 Å². The largest absolute Gasteiger partial charge is 0.303 e. The fraction of sp³-hybridized carbons (Fsp3) is 0.143. The Morgan fingerprint density at radius 3 is 2.40 bits per heavy atom. The van der Waals surface area contributed by atoms with Gasteiger partial charge in [0, 0.05) is 11.9 Å². The predicted octanol–water partition coefficient (Wildman–Crippen LogP) is 2.01. The van der Waals surface area contributed by atoms with Crippen LogP contribution in [-0.2, 0) is 0 Å².